The second-order valence-electron chi connectivity index (χ2n) is 7.23. The third-order valence-corrected chi connectivity index (χ3v) is 7.53. The highest BCUT2D eigenvalue weighted by molar-refractivity contribution is 7.15. The molecule has 0 aliphatic heterocycles. The molecule has 0 N–H and O–H groups in total. The van der Waals surface area contributed by atoms with Crippen molar-refractivity contribution < 1.29 is 8.83 Å². The van der Waals surface area contributed by atoms with Gasteiger partial charge in [-0.15, -0.1) is 22.7 Å². The molecule has 0 saturated carbocycles. The maximum atomic E-state index is 6.41. The van der Waals surface area contributed by atoms with Crippen molar-refractivity contribution in [2.24, 2.45) is 0 Å². The highest BCUT2D eigenvalue weighted by atomic mass is 32.1. The molecule has 0 fully saturated rings. The summed E-state index contributed by atoms with van der Waals surface area (Å²) in [6.45, 7) is 4.29. The minimum atomic E-state index is 0.943. The Morgan fingerprint density at radius 3 is 2.04 bits per heavy atom. The Labute approximate surface area is 168 Å². The molecule has 130 valence electrons. The summed E-state index contributed by atoms with van der Waals surface area (Å²) >= 11 is 3.47. The first-order chi connectivity index (χ1) is 13.0. The summed E-state index contributed by atoms with van der Waals surface area (Å²) in [5.74, 6) is 1.97. The van der Waals surface area contributed by atoms with Crippen molar-refractivity contribution in [3.63, 3.8) is 0 Å². The average Bonchev–Trinajstić information content (AvgIpc) is 3.38. The summed E-state index contributed by atoms with van der Waals surface area (Å²) in [4.78, 5) is 2.43. The Bertz CT molecular complexity index is 1300. The van der Waals surface area contributed by atoms with E-state index in [9.17, 15) is 0 Å². The third kappa shape index (κ3) is 2.34. The molecule has 0 bridgehead atoms. The Kier molecular flexibility index (Phi) is 3.75. The number of rotatable bonds is 2. The lowest BCUT2D eigenvalue weighted by Gasteiger charge is -1.99. The SMILES string of the molecule is Bc1ccsc1-c1oc2c(C)c3c(B)c(-c4sccc4B)oc3cc2c1C. The van der Waals surface area contributed by atoms with Crippen molar-refractivity contribution in [2.45, 2.75) is 13.8 Å². The van der Waals surface area contributed by atoms with Crippen molar-refractivity contribution in [3.05, 3.63) is 40.1 Å². The normalized spacial score (nSPS) is 11.8. The van der Waals surface area contributed by atoms with Crippen LogP contribution in [0, 0.1) is 13.8 Å². The van der Waals surface area contributed by atoms with E-state index in [0.29, 0.717) is 0 Å². The van der Waals surface area contributed by atoms with Gasteiger partial charge in [-0.1, -0.05) is 23.1 Å². The standard InChI is InChI=1S/C20H17B3O2S2/c1-8-10-7-13-14(15(23)18(24-13)20-12(22)4-6-27-20)9(2)16(10)25-17(8)19-11(21)3-5-26-19/h3-7H,21-23H2,1-2H3. The Morgan fingerprint density at radius 2 is 1.44 bits per heavy atom. The Balaban J connectivity index is 1.82. The summed E-state index contributed by atoms with van der Waals surface area (Å²) < 4.78 is 12.8. The van der Waals surface area contributed by atoms with Gasteiger partial charge in [-0.05, 0) is 36.1 Å². The second-order valence-corrected chi connectivity index (χ2v) is 9.06. The van der Waals surface area contributed by atoms with Crippen LogP contribution in [-0.2, 0) is 0 Å². The maximum Gasteiger partial charge on any atom is 0.147 e. The molecule has 5 rings (SSSR count). The number of hydrogen-bond donors (Lipinski definition) is 0. The van der Waals surface area contributed by atoms with E-state index in [2.05, 4.69) is 66.3 Å². The van der Waals surface area contributed by atoms with Crippen molar-refractivity contribution in [3.8, 4) is 21.3 Å². The zero-order valence-electron chi connectivity index (χ0n) is 16.0. The first kappa shape index (κ1) is 17.0. The molecule has 4 aromatic heterocycles. The molecule has 2 nitrogen and oxygen atoms in total. The van der Waals surface area contributed by atoms with Gasteiger partial charge >= 0.3 is 0 Å². The Hall–Kier alpha value is -2.11. The second kappa shape index (κ2) is 5.95. The Morgan fingerprint density at radius 1 is 0.815 bits per heavy atom. The molecule has 0 radical (unpaired) electrons. The molecule has 5 aromatic rings. The molecule has 0 atom stereocenters. The van der Waals surface area contributed by atoms with Crippen LogP contribution in [0.5, 0.6) is 0 Å². The van der Waals surface area contributed by atoms with Crippen LogP contribution in [0.25, 0.3) is 43.2 Å². The molecule has 27 heavy (non-hydrogen) atoms. The van der Waals surface area contributed by atoms with E-state index in [1.54, 1.807) is 22.7 Å². The number of fused-ring (bicyclic) bond motifs is 2. The van der Waals surface area contributed by atoms with Crippen LogP contribution >= 0.6 is 22.7 Å². The van der Waals surface area contributed by atoms with Crippen LogP contribution in [0.4, 0.5) is 0 Å². The fourth-order valence-corrected chi connectivity index (χ4v) is 5.90. The van der Waals surface area contributed by atoms with Crippen molar-refractivity contribution in [1.29, 1.82) is 0 Å². The lowest BCUT2D eigenvalue weighted by atomic mass is 9.87. The van der Waals surface area contributed by atoms with E-state index in [-0.39, 0.29) is 0 Å². The van der Waals surface area contributed by atoms with E-state index in [4.69, 9.17) is 8.83 Å². The highest BCUT2D eigenvalue weighted by Gasteiger charge is 2.22. The molecule has 1 aromatic carbocycles. The highest BCUT2D eigenvalue weighted by Crippen LogP contribution is 2.39. The van der Waals surface area contributed by atoms with Gasteiger partial charge in [0.1, 0.15) is 46.2 Å². The molecule has 0 spiro atoms. The lowest BCUT2D eigenvalue weighted by molar-refractivity contribution is 0.627. The molecule has 4 heterocycles. The first-order valence-electron chi connectivity index (χ1n) is 9.02. The van der Waals surface area contributed by atoms with Crippen LogP contribution in [0.2, 0.25) is 0 Å². The summed E-state index contributed by atoms with van der Waals surface area (Å²) in [7, 11) is 6.42. The summed E-state index contributed by atoms with van der Waals surface area (Å²) in [6, 6.07) is 6.44. The van der Waals surface area contributed by atoms with Crippen molar-refractivity contribution in [1.82, 2.24) is 0 Å². The quantitative estimate of drug-likeness (QED) is 0.435. The topological polar surface area (TPSA) is 26.3 Å². The van der Waals surface area contributed by atoms with Gasteiger partial charge in [-0.3, -0.25) is 0 Å². The molecular weight excluding hydrogens is 369 g/mol. The van der Waals surface area contributed by atoms with Crippen molar-refractivity contribution in [2.75, 3.05) is 0 Å². The van der Waals surface area contributed by atoms with Gasteiger partial charge in [0.25, 0.3) is 0 Å². The molecular formula is C20H17B3O2S2. The third-order valence-electron chi connectivity index (χ3n) is 5.50. The molecule has 0 unspecified atom stereocenters. The van der Waals surface area contributed by atoms with Crippen LogP contribution in [0.1, 0.15) is 11.1 Å². The molecule has 0 aliphatic carbocycles. The van der Waals surface area contributed by atoms with Gasteiger partial charge in [-0.25, -0.2) is 0 Å². The summed E-state index contributed by atoms with van der Waals surface area (Å²) in [5, 5.41) is 6.56. The van der Waals surface area contributed by atoms with E-state index in [1.807, 2.05) is 0 Å². The van der Waals surface area contributed by atoms with Crippen LogP contribution in [-0.4, -0.2) is 23.5 Å². The predicted octanol–water partition coefficient (Wildman–Crippen LogP) is 2.03. The predicted molar refractivity (Wildman–Crippen MR) is 127 cm³/mol. The van der Waals surface area contributed by atoms with Crippen LogP contribution in [0.15, 0.2) is 37.8 Å². The first-order valence-corrected chi connectivity index (χ1v) is 10.8. The molecule has 0 amide bonds. The molecule has 0 aliphatic rings. The van der Waals surface area contributed by atoms with Crippen molar-refractivity contribution >= 4 is 84.5 Å². The monoisotopic (exact) mass is 386 g/mol. The van der Waals surface area contributed by atoms with E-state index in [1.165, 1.54) is 37.1 Å². The summed E-state index contributed by atoms with van der Waals surface area (Å²) in [5.41, 5.74) is 7.97. The van der Waals surface area contributed by atoms with Gasteiger partial charge in [0.2, 0.25) is 0 Å². The minimum absolute atomic E-state index is 0.943. The van der Waals surface area contributed by atoms with Gasteiger partial charge < -0.3 is 8.83 Å². The van der Waals surface area contributed by atoms with E-state index in [0.717, 1.165) is 33.6 Å². The van der Waals surface area contributed by atoms with Crippen LogP contribution < -0.4 is 16.4 Å². The zero-order valence-corrected chi connectivity index (χ0v) is 17.7. The average molecular weight is 386 g/mol. The minimum Gasteiger partial charge on any atom is -0.456 e. The number of hydrogen-bond acceptors (Lipinski definition) is 4. The van der Waals surface area contributed by atoms with E-state index >= 15 is 0 Å². The fourth-order valence-electron chi connectivity index (χ4n) is 3.97. The van der Waals surface area contributed by atoms with E-state index < -0.39 is 0 Å². The molecule has 7 heteroatoms. The zero-order chi connectivity index (χ0) is 18.9. The number of thiophene rings is 2. The van der Waals surface area contributed by atoms with Gasteiger partial charge in [-0.2, -0.15) is 0 Å². The lowest BCUT2D eigenvalue weighted by Crippen LogP contribution is -2.09. The van der Waals surface area contributed by atoms with Gasteiger partial charge in [0.05, 0.1) is 9.75 Å². The van der Waals surface area contributed by atoms with Crippen LogP contribution in [0.3, 0.4) is 0 Å². The number of aryl methyl sites for hydroxylation is 2. The fraction of sp³-hybridized carbons (Fsp3) is 0.100. The summed E-state index contributed by atoms with van der Waals surface area (Å²) in [6.07, 6.45) is 0. The smallest absolute Gasteiger partial charge is 0.147 e. The molecule has 0 saturated heterocycles. The number of benzene rings is 1. The maximum absolute atomic E-state index is 6.41. The van der Waals surface area contributed by atoms with Gasteiger partial charge in [0, 0.05) is 21.9 Å². The number of furan rings is 2. The largest absolute Gasteiger partial charge is 0.456 e. The van der Waals surface area contributed by atoms with Gasteiger partial charge in [0.15, 0.2) is 0 Å².